The molecule has 2 aromatic carbocycles. The van der Waals surface area contributed by atoms with Gasteiger partial charge in [0.05, 0.1) is 25.5 Å². The quantitative estimate of drug-likeness (QED) is 0.453. The molecule has 176 valence electrons. The number of benzene rings is 2. The summed E-state index contributed by atoms with van der Waals surface area (Å²) in [4.78, 5) is 12.5. The molecule has 0 saturated carbocycles. The van der Waals surface area contributed by atoms with Gasteiger partial charge in [0.1, 0.15) is 30.8 Å². The Balaban J connectivity index is 1.52. The van der Waals surface area contributed by atoms with Crippen molar-refractivity contribution in [1.29, 1.82) is 0 Å². The second kappa shape index (κ2) is 11.2. The molecular formula is C24H28N2O7. The van der Waals surface area contributed by atoms with Gasteiger partial charge in [-0.05, 0) is 44.2 Å². The number of amides is 1. The molecule has 9 heteroatoms. The molecule has 0 aliphatic heterocycles. The van der Waals surface area contributed by atoms with Crippen LogP contribution in [0.5, 0.6) is 23.0 Å². The Morgan fingerprint density at radius 3 is 2.42 bits per heavy atom. The summed E-state index contributed by atoms with van der Waals surface area (Å²) < 4.78 is 27.1. The molecule has 0 saturated heterocycles. The molecule has 0 bridgehead atoms. The highest BCUT2D eigenvalue weighted by atomic mass is 16.5. The summed E-state index contributed by atoms with van der Waals surface area (Å²) in [5.74, 6) is 2.25. The number of nitrogens with zero attached hydrogens (tertiary/aromatic N) is 1. The predicted molar refractivity (Wildman–Crippen MR) is 120 cm³/mol. The molecule has 1 atom stereocenters. The molecule has 0 spiro atoms. The molecule has 1 unspecified atom stereocenters. The molecular weight excluding hydrogens is 428 g/mol. The number of methoxy groups -OCH3 is 2. The second-order valence-corrected chi connectivity index (χ2v) is 7.29. The highest BCUT2D eigenvalue weighted by Gasteiger charge is 2.15. The van der Waals surface area contributed by atoms with Crippen molar-refractivity contribution in [1.82, 2.24) is 10.5 Å². The van der Waals surface area contributed by atoms with Gasteiger partial charge >= 0.3 is 0 Å². The zero-order chi connectivity index (χ0) is 23.8. The molecule has 0 aliphatic rings. The number of para-hydroxylation sites is 1. The Labute approximate surface area is 192 Å². The van der Waals surface area contributed by atoms with Crippen molar-refractivity contribution < 1.29 is 33.4 Å². The van der Waals surface area contributed by atoms with E-state index < -0.39 is 6.10 Å². The Kier molecular flexibility index (Phi) is 8.15. The monoisotopic (exact) mass is 456 g/mol. The first-order chi connectivity index (χ1) is 15.9. The highest BCUT2D eigenvalue weighted by molar-refractivity contribution is 5.94. The molecule has 2 N–H and O–H groups in total. The largest absolute Gasteiger partial charge is 0.493 e. The van der Waals surface area contributed by atoms with Gasteiger partial charge in [0.15, 0.2) is 11.5 Å². The van der Waals surface area contributed by atoms with Crippen molar-refractivity contribution in [3.8, 4) is 23.0 Å². The molecule has 3 rings (SSSR count). The number of aliphatic hydroxyl groups is 1. The van der Waals surface area contributed by atoms with Crippen molar-refractivity contribution in [3.05, 3.63) is 65.0 Å². The van der Waals surface area contributed by atoms with E-state index >= 15 is 0 Å². The number of aromatic nitrogens is 1. The van der Waals surface area contributed by atoms with E-state index in [-0.39, 0.29) is 25.7 Å². The van der Waals surface area contributed by atoms with E-state index in [0.717, 1.165) is 11.3 Å². The Morgan fingerprint density at radius 2 is 1.79 bits per heavy atom. The predicted octanol–water partition coefficient (Wildman–Crippen LogP) is 3.06. The van der Waals surface area contributed by atoms with E-state index in [4.69, 9.17) is 23.5 Å². The number of rotatable bonds is 11. The maximum Gasteiger partial charge on any atom is 0.251 e. The number of nitrogens with one attached hydrogen (secondary N) is 1. The second-order valence-electron chi connectivity index (χ2n) is 7.29. The lowest BCUT2D eigenvalue weighted by molar-refractivity contribution is 0.0833. The minimum absolute atomic E-state index is 0.000457. The fourth-order valence-corrected chi connectivity index (χ4v) is 3.10. The summed E-state index contributed by atoms with van der Waals surface area (Å²) in [5, 5.41) is 16.9. The molecule has 3 aromatic rings. The third-order valence-corrected chi connectivity index (χ3v) is 4.96. The first-order valence-electron chi connectivity index (χ1n) is 10.4. The molecule has 1 amide bonds. The van der Waals surface area contributed by atoms with E-state index in [2.05, 4.69) is 10.5 Å². The van der Waals surface area contributed by atoms with E-state index in [1.165, 1.54) is 14.2 Å². The molecule has 9 nitrogen and oxygen atoms in total. The smallest absolute Gasteiger partial charge is 0.251 e. The zero-order valence-corrected chi connectivity index (χ0v) is 19.1. The van der Waals surface area contributed by atoms with Crippen molar-refractivity contribution in [2.45, 2.75) is 26.6 Å². The Morgan fingerprint density at radius 1 is 1.09 bits per heavy atom. The van der Waals surface area contributed by atoms with Gasteiger partial charge in [0, 0.05) is 12.1 Å². The zero-order valence-electron chi connectivity index (χ0n) is 19.1. The topological polar surface area (TPSA) is 112 Å². The SMILES string of the molecule is COc1cccc(OC)c1OCC(O)CNC(=O)c1cccc(OCc2c(C)noc2C)c1. The average Bonchev–Trinajstić information content (AvgIpc) is 3.16. The number of ether oxygens (including phenoxy) is 4. The van der Waals surface area contributed by atoms with Crippen LogP contribution in [-0.2, 0) is 6.61 Å². The van der Waals surface area contributed by atoms with Crippen LogP contribution in [0.3, 0.4) is 0 Å². The van der Waals surface area contributed by atoms with E-state index in [9.17, 15) is 9.90 Å². The Bertz CT molecular complexity index is 1040. The molecule has 1 heterocycles. The minimum atomic E-state index is -0.942. The van der Waals surface area contributed by atoms with Gasteiger partial charge in [-0.15, -0.1) is 0 Å². The highest BCUT2D eigenvalue weighted by Crippen LogP contribution is 2.36. The van der Waals surface area contributed by atoms with Crippen LogP contribution in [0.4, 0.5) is 0 Å². The van der Waals surface area contributed by atoms with Crippen LogP contribution >= 0.6 is 0 Å². The maximum atomic E-state index is 12.5. The van der Waals surface area contributed by atoms with Crippen molar-refractivity contribution in [2.75, 3.05) is 27.4 Å². The summed E-state index contributed by atoms with van der Waals surface area (Å²) in [5.41, 5.74) is 2.05. The normalized spacial score (nSPS) is 11.5. The van der Waals surface area contributed by atoms with Gasteiger partial charge in [0.2, 0.25) is 5.75 Å². The summed E-state index contributed by atoms with van der Waals surface area (Å²) in [6.45, 7) is 3.90. The van der Waals surface area contributed by atoms with Gasteiger partial charge in [-0.25, -0.2) is 0 Å². The van der Waals surface area contributed by atoms with Crippen LogP contribution in [0, 0.1) is 13.8 Å². The number of carbonyl (C=O) groups excluding carboxylic acids is 1. The lowest BCUT2D eigenvalue weighted by atomic mass is 10.2. The fraction of sp³-hybridized carbons (Fsp3) is 0.333. The van der Waals surface area contributed by atoms with Crippen LogP contribution in [0.2, 0.25) is 0 Å². The van der Waals surface area contributed by atoms with E-state index in [1.807, 2.05) is 13.8 Å². The molecule has 0 aliphatic carbocycles. The number of hydrogen-bond donors (Lipinski definition) is 2. The first kappa shape index (κ1) is 23.9. The summed E-state index contributed by atoms with van der Waals surface area (Å²) in [7, 11) is 3.04. The number of aryl methyl sites for hydroxylation is 2. The molecule has 33 heavy (non-hydrogen) atoms. The van der Waals surface area contributed by atoms with Gasteiger partial charge < -0.3 is 33.9 Å². The third-order valence-electron chi connectivity index (χ3n) is 4.96. The van der Waals surface area contributed by atoms with Crippen LogP contribution in [-0.4, -0.2) is 49.6 Å². The number of carbonyl (C=O) groups is 1. The van der Waals surface area contributed by atoms with Crippen molar-refractivity contribution in [3.63, 3.8) is 0 Å². The number of hydrogen-bond acceptors (Lipinski definition) is 8. The standard InChI is InChI=1S/C24H28N2O7/c1-15-20(16(2)33-26-15)14-31-19-8-5-7-17(11-19)24(28)25-12-18(27)13-32-23-21(29-3)9-6-10-22(23)30-4/h5-11,18,27H,12-14H2,1-4H3,(H,25,28). The lowest BCUT2D eigenvalue weighted by Crippen LogP contribution is -2.35. The summed E-state index contributed by atoms with van der Waals surface area (Å²) in [6, 6.07) is 12.0. The Hall–Kier alpha value is -3.72. The van der Waals surface area contributed by atoms with Gasteiger partial charge in [0.25, 0.3) is 5.91 Å². The van der Waals surface area contributed by atoms with Gasteiger partial charge in [-0.2, -0.15) is 0 Å². The number of aliphatic hydroxyl groups excluding tert-OH is 1. The molecule has 1 aromatic heterocycles. The van der Waals surface area contributed by atoms with Crippen LogP contribution < -0.4 is 24.3 Å². The van der Waals surface area contributed by atoms with Crippen molar-refractivity contribution >= 4 is 5.91 Å². The third kappa shape index (κ3) is 6.17. The van der Waals surface area contributed by atoms with Crippen LogP contribution in [0.25, 0.3) is 0 Å². The lowest BCUT2D eigenvalue weighted by Gasteiger charge is -2.17. The van der Waals surface area contributed by atoms with Crippen molar-refractivity contribution in [2.24, 2.45) is 0 Å². The van der Waals surface area contributed by atoms with Gasteiger partial charge in [-0.3, -0.25) is 4.79 Å². The summed E-state index contributed by atoms with van der Waals surface area (Å²) >= 11 is 0. The van der Waals surface area contributed by atoms with Gasteiger partial charge in [-0.1, -0.05) is 17.3 Å². The van der Waals surface area contributed by atoms with E-state index in [1.54, 1.807) is 42.5 Å². The van der Waals surface area contributed by atoms with E-state index in [0.29, 0.717) is 34.3 Å². The molecule has 0 fully saturated rings. The average molecular weight is 456 g/mol. The summed E-state index contributed by atoms with van der Waals surface area (Å²) in [6.07, 6.45) is -0.942. The van der Waals surface area contributed by atoms with Crippen LogP contribution in [0.1, 0.15) is 27.4 Å². The minimum Gasteiger partial charge on any atom is -0.493 e. The first-order valence-corrected chi connectivity index (χ1v) is 10.4. The molecule has 0 radical (unpaired) electrons. The van der Waals surface area contributed by atoms with Crippen LogP contribution in [0.15, 0.2) is 47.0 Å². The fourth-order valence-electron chi connectivity index (χ4n) is 3.10. The maximum absolute atomic E-state index is 12.5.